The van der Waals surface area contributed by atoms with Crippen LogP contribution in [-0.2, 0) is 0 Å². The van der Waals surface area contributed by atoms with Crippen LogP contribution in [0.3, 0.4) is 0 Å². The van der Waals surface area contributed by atoms with E-state index in [2.05, 4.69) is 75.3 Å². The van der Waals surface area contributed by atoms with Crippen LogP contribution in [0.1, 0.15) is 113 Å². The van der Waals surface area contributed by atoms with Crippen molar-refractivity contribution in [2.75, 3.05) is 0 Å². The minimum atomic E-state index is 0.942. The van der Waals surface area contributed by atoms with Crippen molar-refractivity contribution in [1.82, 2.24) is 4.98 Å². The van der Waals surface area contributed by atoms with Crippen LogP contribution in [0, 0.1) is 6.92 Å². The Kier molecular flexibility index (Phi) is 29.6. The van der Waals surface area contributed by atoms with Crippen molar-refractivity contribution in [2.45, 2.75) is 109 Å². The second-order valence-electron chi connectivity index (χ2n) is 7.71. The quantitative estimate of drug-likeness (QED) is 0.251. The Hall–Kier alpha value is -3.26. The maximum absolute atomic E-state index is 4.88. The van der Waals surface area contributed by atoms with Crippen LogP contribution in [-0.4, -0.2) is 11.2 Å². The van der Waals surface area contributed by atoms with E-state index in [4.69, 9.17) is 4.98 Å². The zero-order chi connectivity index (χ0) is 31.3. The van der Waals surface area contributed by atoms with E-state index in [0.29, 0.717) is 0 Å². The van der Waals surface area contributed by atoms with E-state index in [0.717, 1.165) is 40.6 Å². The van der Waals surface area contributed by atoms with Gasteiger partial charge in [0, 0.05) is 34.5 Å². The summed E-state index contributed by atoms with van der Waals surface area (Å²) in [6, 6.07) is 10.5. The van der Waals surface area contributed by atoms with Crippen molar-refractivity contribution in [2.24, 2.45) is 4.99 Å². The smallest absolute Gasteiger partial charge is 0.0668 e. The van der Waals surface area contributed by atoms with Gasteiger partial charge in [-0.05, 0) is 43.4 Å². The predicted octanol–water partition coefficient (Wildman–Crippen LogP) is 11.1. The Balaban J connectivity index is -0.000000995. The molecule has 0 unspecified atom stereocenters. The largest absolute Gasteiger partial charge is 0.265 e. The van der Waals surface area contributed by atoms with Crippen molar-refractivity contribution in [3.05, 3.63) is 95.3 Å². The first-order chi connectivity index (χ1) is 19.6. The predicted molar refractivity (Wildman–Crippen MR) is 188 cm³/mol. The molecule has 0 spiro atoms. The van der Waals surface area contributed by atoms with Gasteiger partial charge in [-0.15, -0.1) is 0 Å². The summed E-state index contributed by atoms with van der Waals surface area (Å²) in [6.45, 7) is 32.4. The van der Waals surface area contributed by atoms with E-state index < -0.39 is 0 Å². The van der Waals surface area contributed by atoms with Crippen LogP contribution in [0.25, 0.3) is 28.9 Å². The number of hydrogen-bond acceptors (Lipinski definition) is 2. The molecule has 0 saturated carbocycles. The highest BCUT2D eigenvalue weighted by Gasteiger charge is 2.15. The fraction of sp³-hybridized carbons (Fsp3) is 0.421. The molecule has 1 aliphatic rings. The topological polar surface area (TPSA) is 25.2 Å². The van der Waals surface area contributed by atoms with E-state index in [1.807, 2.05) is 86.6 Å². The average molecular weight is 545 g/mol. The Morgan fingerprint density at radius 3 is 1.93 bits per heavy atom. The fourth-order valence-corrected chi connectivity index (χ4v) is 3.48. The summed E-state index contributed by atoms with van der Waals surface area (Å²) in [5.41, 5.74) is 6.46. The molecule has 0 atom stereocenters. The molecule has 0 fully saturated rings. The maximum Gasteiger partial charge on any atom is 0.0668 e. The number of aliphatic imine (C=N–C) groups is 1. The lowest BCUT2D eigenvalue weighted by Crippen LogP contribution is -2.34. The number of benzene rings is 1. The molecule has 2 aromatic rings. The molecule has 1 aromatic heterocycles. The minimum absolute atomic E-state index is 0.942. The standard InChI is InChI=1S/C26H26N2.C4H10.4C2H6/c1-5-21(18-27-6-2)17-16-19(3)25-20(4)28-24-15-11-10-14-23(24)26(25)22-12-8-7-9-13-22;1-3-4-2;4*1-2/h5-9,12-18H,2-3,10-11H2,1,4H3;3-4H2,1-2H3;4*1-2H3/b17-16+,21-5-,27-18?;;;;;. The van der Waals surface area contributed by atoms with Gasteiger partial charge in [0.1, 0.15) is 0 Å². The molecule has 0 aliphatic heterocycles. The molecule has 0 radical (unpaired) electrons. The van der Waals surface area contributed by atoms with Crippen LogP contribution in [0.4, 0.5) is 0 Å². The summed E-state index contributed by atoms with van der Waals surface area (Å²) in [7, 11) is 0. The van der Waals surface area contributed by atoms with E-state index in [-0.39, 0.29) is 0 Å². The van der Waals surface area contributed by atoms with E-state index in [9.17, 15) is 0 Å². The van der Waals surface area contributed by atoms with Crippen LogP contribution >= 0.6 is 0 Å². The van der Waals surface area contributed by atoms with Crippen LogP contribution in [0.15, 0.2) is 78.5 Å². The summed E-state index contributed by atoms with van der Waals surface area (Å²) in [5, 5.41) is 2.29. The van der Waals surface area contributed by atoms with Gasteiger partial charge in [0.05, 0.1) is 5.35 Å². The van der Waals surface area contributed by atoms with Crippen molar-refractivity contribution >= 4 is 23.9 Å². The molecule has 1 heterocycles. The van der Waals surface area contributed by atoms with Crippen LogP contribution in [0.5, 0.6) is 0 Å². The van der Waals surface area contributed by atoms with Crippen LogP contribution in [0.2, 0.25) is 0 Å². The number of allylic oxidation sites excluding steroid dienone is 5. The van der Waals surface area contributed by atoms with Gasteiger partial charge >= 0.3 is 0 Å². The Morgan fingerprint density at radius 2 is 1.43 bits per heavy atom. The number of unbranched alkanes of at least 4 members (excludes halogenated alkanes) is 1. The molecule has 0 saturated heterocycles. The number of aromatic nitrogens is 1. The van der Waals surface area contributed by atoms with Gasteiger partial charge in [-0.25, -0.2) is 0 Å². The third-order valence-electron chi connectivity index (χ3n) is 5.32. The molecule has 0 amide bonds. The molecule has 1 aliphatic carbocycles. The summed E-state index contributed by atoms with van der Waals surface area (Å²) in [6.07, 6.45) is 18.7. The van der Waals surface area contributed by atoms with E-state index >= 15 is 0 Å². The maximum atomic E-state index is 4.88. The first kappa shape index (κ1) is 41.2. The molecule has 0 bridgehead atoms. The molecule has 2 nitrogen and oxygen atoms in total. The van der Waals surface area contributed by atoms with Gasteiger partial charge < -0.3 is 0 Å². The lowest BCUT2D eigenvalue weighted by Gasteiger charge is -2.16. The summed E-state index contributed by atoms with van der Waals surface area (Å²) >= 11 is 0. The lowest BCUT2D eigenvalue weighted by molar-refractivity contribution is 0.886. The lowest BCUT2D eigenvalue weighted by atomic mass is 9.90. The number of hydrogen-bond donors (Lipinski definition) is 0. The Labute approximate surface area is 248 Å². The molecule has 0 N–H and O–H groups in total. The normalized spacial score (nSPS) is 11.1. The van der Waals surface area contributed by atoms with Gasteiger partial charge in [-0.3, -0.25) is 9.98 Å². The molecular formula is C38H60N2. The first-order valence-electron chi connectivity index (χ1n) is 15.5. The number of pyridine rings is 1. The van der Waals surface area contributed by atoms with Gasteiger partial charge in [-0.2, -0.15) is 0 Å². The Bertz CT molecular complexity index is 1130. The monoisotopic (exact) mass is 544 g/mol. The van der Waals surface area contributed by atoms with Gasteiger partial charge in [0.25, 0.3) is 0 Å². The number of fused-ring (bicyclic) bond motifs is 1. The first-order valence-corrected chi connectivity index (χ1v) is 15.5. The molecule has 1 aromatic carbocycles. The third kappa shape index (κ3) is 14.8. The van der Waals surface area contributed by atoms with E-state index in [1.54, 1.807) is 6.21 Å². The second kappa shape index (κ2) is 28.7. The highest BCUT2D eigenvalue weighted by Crippen LogP contribution is 2.28. The molecule has 3 rings (SSSR count). The number of rotatable bonds is 7. The summed E-state index contributed by atoms with van der Waals surface area (Å²) < 4.78 is 0. The molecule has 2 heteroatoms. The zero-order valence-corrected chi connectivity index (χ0v) is 28.1. The zero-order valence-electron chi connectivity index (χ0n) is 28.1. The molecular weight excluding hydrogens is 484 g/mol. The average Bonchev–Trinajstić information content (AvgIpc) is 3.04. The fourth-order valence-electron chi connectivity index (χ4n) is 3.48. The van der Waals surface area contributed by atoms with Gasteiger partial charge in [0.2, 0.25) is 0 Å². The number of aryl methyl sites for hydroxylation is 1. The van der Waals surface area contributed by atoms with Gasteiger partial charge in [-0.1, -0.05) is 156 Å². The van der Waals surface area contributed by atoms with Crippen molar-refractivity contribution < 1.29 is 0 Å². The van der Waals surface area contributed by atoms with Crippen LogP contribution < -0.4 is 10.6 Å². The van der Waals surface area contributed by atoms with Crippen molar-refractivity contribution in [3.63, 3.8) is 0 Å². The minimum Gasteiger partial charge on any atom is -0.265 e. The third-order valence-corrected chi connectivity index (χ3v) is 5.32. The number of nitrogens with zero attached hydrogens (tertiary/aromatic N) is 2. The van der Waals surface area contributed by atoms with E-state index in [1.165, 1.54) is 35.4 Å². The van der Waals surface area contributed by atoms with Gasteiger partial charge in [0.15, 0.2) is 0 Å². The Morgan fingerprint density at radius 1 is 0.875 bits per heavy atom. The highest BCUT2D eigenvalue weighted by molar-refractivity contribution is 5.89. The highest BCUT2D eigenvalue weighted by atomic mass is 14.7. The second-order valence-corrected chi connectivity index (χ2v) is 7.71. The van der Waals surface area contributed by atoms with Crippen molar-refractivity contribution in [3.8, 4) is 11.1 Å². The summed E-state index contributed by atoms with van der Waals surface area (Å²) in [4.78, 5) is 8.98. The summed E-state index contributed by atoms with van der Waals surface area (Å²) in [5.74, 6) is 0. The molecule has 222 valence electrons. The van der Waals surface area contributed by atoms with Crippen molar-refractivity contribution in [1.29, 1.82) is 0 Å². The molecule has 40 heavy (non-hydrogen) atoms. The SMILES string of the molecule is C=CN=CC(=C\C)/C=C/C(=C)c1c(C)nc2c(c1-c1ccccc1)=CCCC=2.CC.CC.CC.CC.CCCC.